The van der Waals surface area contributed by atoms with Crippen LogP contribution in [0.2, 0.25) is 0 Å². The summed E-state index contributed by atoms with van der Waals surface area (Å²) in [6.45, 7) is 2.00. The molecule has 1 amide bonds. The third-order valence-electron chi connectivity index (χ3n) is 1.70. The van der Waals surface area contributed by atoms with Gasteiger partial charge in [0.15, 0.2) is 0 Å². The Hall–Kier alpha value is -0.540. The third kappa shape index (κ3) is 2.45. The van der Waals surface area contributed by atoms with Gasteiger partial charge in [0.25, 0.3) is 0 Å². The van der Waals surface area contributed by atoms with Crippen molar-refractivity contribution in [1.82, 2.24) is 4.90 Å². The Balaban J connectivity index is 2.79. The summed E-state index contributed by atoms with van der Waals surface area (Å²) < 4.78 is 0. The molecule has 13 heavy (non-hydrogen) atoms. The molecule has 1 atom stereocenters. The molecule has 1 rings (SSSR count). The number of rotatable bonds is 2. The molecule has 0 saturated heterocycles. The van der Waals surface area contributed by atoms with E-state index in [-0.39, 0.29) is 5.91 Å². The number of nitrogens with zero attached hydrogens (tertiary/aromatic N) is 1. The number of carbonyl (C=O) groups is 1. The minimum absolute atomic E-state index is 0.0699. The molecular weight excluding hydrogens is 206 g/mol. The number of thiophene rings is 1. The number of amides is 1. The lowest BCUT2D eigenvalue weighted by molar-refractivity contribution is -0.128. The topological polar surface area (TPSA) is 20.3 Å². The number of hydrogen-bond donors (Lipinski definition) is 0. The molecule has 0 spiro atoms. The van der Waals surface area contributed by atoms with Crippen LogP contribution in [-0.2, 0) is 4.79 Å². The molecule has 0 aromatic carbocycles. The van der Waals surface area contributed by atoms with Gasteiger partial charge in [0.2, 0.25) is 5.91 Å². The highest BCUT2D eigenvalue weighted by molar-refractivity contribution is 7.10. The first-order chi connectivity index (χ1) is 6.02. The van der Waals surface area contributed by atoms with Gasteiger partial charge in [0.1, 0.15) is 5.38 Å². The van der Waals surface area contributed by atoms with E-state index in [1.54, 1.807) is 25.4 Å². The van der Waals surface area contributed by atoms with Crippen molar-refractivity contribution in [2.45, 2.75) is 12.3 Å². The van der Waals surface area contributed by atoms with Gasteiger partial charge in [-0.1, -0.05) is 0 Å². The summed E-state index contributed by atoms with van der Waals surface area (Å²) in [7, 11) is 3.41. The van der Waals surface area contributed by atoms with E-state index in [0.29, 0.717) is 0 Å². The van der Waals surface area contributed by atoms with E-state index in [1.807, 2.05) is 18.4 Å². The summed E-state index contributed by atoms with van der Waals surface area (Å²) in [6, 6.07) is 1.95. The van der Waals surface area contributed by atoms with Crippen molar-refractivity contribution in [3.05, 3.63) is 21.9 Å². The van der Waals surface area contributed by atoms with E-state index in [4.69, 9.17) is 11.6 Å². The van der Waals surface area contributed by atoms with Crippen molar-refractivity contribution in [2.24, 2.45) is 0 Å². The molecule has 1 unspecified atom stereocenters. The second-order valence-corrected chi connectivity index (χ2v) is 4.64. The first-order valence-electron chi connectivity index (χ1n) is 3.92. The Labute approximate surface area is 87.1 Å². The molecule has 0 aliphatic heterocycles. The van der Waals surface area contributed by atoms with Gasteiger partial charge in [-0.15, -0.1) is 22.9 Å². The molecule has 1 aromatic heterocycles. The lowest BCUT2D eigenvalue weighted by Crippen LogP contribution is -2.25. The Morgan fingerprint density at radius 3 is 2.62 bits per heavy atom. The zero-order chi connectivity index (χ0) is 10.0. The van der Waals surface area contributed by atoms with Crippen LogP contribution >= 0.6 is 22.9 Å². The summed E-state index contributed by atoms with van der Waals surface area (Å²) in [5.41, 5.74) is 0.892. The fourth-order valence-electron chi connectivity index (χ4n) is 0.966. The summed E-state index contributed by atoms with van der Waals surface area (Å²) in [5.74, 6) is -0.0699. The van der Waals surface area contributed by atoms with Crippen LogP contribution in [-0.4, -0.2) is 24.9 Å². The Morgan fingerprint density at radius 2 is 2.23 bits per heavy atom. The van der Waals surface area contributed by atoms with E-state index in [1.165, 1.54) is 9.78 Å². The van der Waals surface area contributed by atoms with Crippen molar-refractivity contribution < 1.29 is 4.79 Å². The van der Waals surface area contributed by atoms with Crippen LogP contribution in [0.15, 0.2) is 11.4 Å². The van der Waals surface area contributed by atoms with Gasteiger partial charge in [0, 0.05) is 19.0 Å². The molecule has 0 bridgehead atoms. The smallest absolute Gasteiger partial charge is 0.244 e. The van der Waals surface area contributed by atoms with E-state index in [9.17, 15) is 4.79 Å². The maximum absolute atomic E-state index is 11.5. The number of hydrogen-bond acceptors (Lipinski definition) is 2. The molecule has 0 aliphatic carbocycles. The van der Waals surface area contributed by atoms with Crippen LogP contribution in [0.1, 0.15) is 15.8 Å². The molecular formula is C9H12ClNOS. The average molecular weight is 218 g/mol. The summed E-state index contributed by atoms with van der Waals surface area (Å²) >= 11 is 7.59. The molecule has 2 nitrogen and oxygen atoms in total. The molecule has 0 N–H and O–H groups in total. The monoisotopic (exact) mass is 217 g/mol. The molecule has 1 heterocycles. The van der Waals surface area contributed by atoms with Crippen LogP contribution < -0.4 is 0 Å². The zero-order valence-corrected chi connectivity index (χ0v) is 9.45. The zero-order valence-electron chi connectivity index (χ0n) is 7.87. The predicted octanol–water partition coefficient (Wildman–Crippen LogP) is 2.42. The van der Waals surface area contributed by atoms with E-state index >= 15 is 0 Å². The van der Waals surface area contributed by atoms with Crippen molar-refractivity contribution in [3.8, 4) is 0 Å². The first kappa shape index (κ1) is 10.5. The highest BCUT2D eigenvalue weighted by Gasteiger charge is 2.19. The summed E-state index contributed by atoms with van der Waals surface area (Å²) in [4.78, 5) is 14.1. The van der Waals surface area contributed by atoms with E-state index < -0.39 is 5.38 Å². The van der Waals surface area contributed by atoms with Crippen LogP contribution in [0.4, 0.5) is 0 Å². The standard InChI is InChI=1S/C9H12ClNOS/c1-6-4-7(5-13-6)8(10)9(12)11(2)3/h4-5,8H,1-3H3. The largest absolute Gasteiger partial charge is 0.347 e. The molecule has 0 aliphatic rings. The predicted molar refractivity (Wildman–Crippen MR) is 56.3 cm³/mol. The van der Waals surface area contributed by atoms with Crippen LogP contribution in [0, 0.1) is 6.92 Å². The Morgan fingerprint density at radius 1 is 1.62 bits per heavy atom. The first-order valence-corrected chi connectivity index (χ1v) is 5.24. The van der Waals surface area contributed by atoms with Gasteiger partial charge in [-0.3, -0.25) is 4.79 Å². The molecule has 0 saturated carbocycles. The Kier molecular flexibility index (Phi) is 3.33. The van der Waals surface area contributed by atoms with E-state index in [0.717, 1.165) is 5.56 Å². The highest BCUT2D eigenvalue weighted by atomic mass is 35.5. The van der Waals surface area contributed by atoms with Gasteiger partial charge >= 0.3 is 0 Å². The summed E-state index contributed by atoms with van der Waals surface area (Å²) in [6.07, 6.45) is 0. The summed E-state index contributed by atoms with van der Waals surface area (Å²) in [5, 5.41) is 1.38. The third-order valence-corrected chi connectivity index (χ3v) is 3.02. The fourth-order valence-corrected chi connectivity index (χ4v) is 2.09. The second kappa shape index (κ2) is 4.11. The maximum Gasteiger partial charge on any atom is 0.244 e. The van der Waals surface area contributed by atoms with Crippen molar-refractivity contribution in [1.29, 1.82) is 0 Å². The van der Waals surface area contributed by atoms with E-state index in [2.05, 4.69) is 0 Å². The number of halogens is 1. The normalized spacial score (nSPS) is 12.6. The lowest BCUT2D eigenvalue weighted by atomic mass is 10.2. The minimum atomic E-state index is -0.542. The molecule has 0 fully saturated rings. The van der Waals surface area contributed by atoms with Crippen LogP contribution in [0.3, 0.4) is 0 Å². The van der Waals surface area contributed by atoms with Gasteiger partial charge in [-0.05, 0) is 23.9 Å². The lowest BCUT2D eigenvalue weighted by Gasteiger charge is -2.13. The molecule has 4 heteroatoms. The van der Waals surface area contributed by atoms with Crippen molar-refractivity contribution >= 4 is 28.8 Å². The number of aryl methyl sites for hydroxylation is 1. The molecule has 1 aromatic rings. The molecule has 0 radical (unpaired) electrons. The molecule has 72 valence electrons. The number of carbonyl (C=O) groups excluding carboxylic acids is 1. The number of alkyl halides is 1. The Bertz CT molecular complexity index is 308. The van der Waals surface area contributed by atoms with Crippen LogP contribution in [0.25, 0.3) is 0 Å². The second-order valence-electron chi connectivity index (χ2n) is 3.09. The van der Waals surface area contributed by atoms with Gasteiger partial charge < -0.3 is 4.90 Å². The highest BCUT2D eigenvalue weighted by Crippen LogP contribution is 2.26. The SMILES string of the molecule is Cc1cc(C(Cl)C(=O)N(C)C)cs1. The van der Waals surface area contributed by atoms with Crippen LogP contribution in [0.5, 0.6) is 0 Å². The van der Waals surface area contributed by atoms with Gasteiger partial charge in [-0.2, -0.15) is 0 Å². The average Bonchev–Trinajstić information content (AvgIpc) is 2.49. The maximum atomic E-state index is 11.5. The number of likely N-dealkylation sites (N-methyl/N-ethyl adjacent to an activating group) is 1. The fraction of sp³-hybridized carbons (Fsp3) is 0.444. The van der Waals surface area contributed by atoms with Gasteiger partial charge in [0.05, 0.1) is 0 Å². The van der Waals surface area contributed by atoms with Crippen molar-refractivity contribution in [2.75, 3.05) is 14.1 Å². The van der Waals surface area contributed by atoms with Crippen molar-refractivity contribution in [3.63, 3.8) is 0 Å². The minimum Gasteiger partial charge on any atom is -0.347 e. The quantitative estimate of drug-likeness (QED) is 0.697. The van der Waals surface area contributed by atoms with Gasteiger partial charge in [-0.25, -0.2) is 0 Å².